The van der Waals surface area contributed by atoms with Gasteiger partial charge >= 0.3 is 0 Å². The summed E-state index contributed by atoms with van der Waals surface area (Å²) in [7, 11) is 0. The highest BCUT2D eigenvalue weighted by atomic mass is 19.1. The number of nitrogens with zero attached hydrogens (tertiary/aromatic N) is 2. The Kier molecular flexibility index (Phi) is 6.97. The molecule has 4 N–H and O–H groups in total. The lowest BCUT2D eigenvalue weighted by Crippen LogP contribution is -2.36. The average Bonchev–Trinajstić information content (AvgIpc) is 2.91. The van der Waals surface area contributed by atoms with E-state index < -0.39 is 23.1 Å². The minimum absolute atomic E-state index is 0.0983. The highest BCUT2D eigenvalue weighted by Gasteiger charge is 2.24. The number of aromatic amines is 1. The summed E-state index contributed by atoms with van der Waals surface area (Å²) in [6.07, 6.45) is 4.42. The highest BCUT2D eigenvalue weighted by molar-refractivity contribution is 5.96. The molecule has 2 aromatic carbocycles. The third kappa shape index (κ3) is 5.64. The summed E-state index contributed by atoms with van der Waals surface area (Å²) in [5.41, 5.74) is -0.260. The van der Waals surface area contributed by atoms with E-state index in [1.54, 1.807) is 18.3 Å². The van der Waals surface area contributed by atoms with Crippen molar-refractivity contribution in [1.29, 1.82) is 0 Å². The molecule has 11 heteroatoms. The molecule has 0 aliphatic heterocycles. The van der Waals surface area contributed by atoms with E-state index in [1.807, 2.05) is 0 Å². The van der Waals surface area contributed by atoms with Crippen molar-refractivity contribution >= 4 is 34.1 Å². The molecule has 9 nitrogen and oxygen atoms in total. The van der Waals surface area contributed by atoms with Crippen LogP contribution in [0.25, 0.3) is 22.0 Å². The van der Waals surface area contributed by atoms with Gasteiger partial charge in [-0.2, -0.15) is 0 Å². The summed E-state index contributed by atoms with van der Waals surface area (Å²) in [4.78, 5) is 36.7. The molecule has 0 saturated heterocycles. The Morgan fingerprint density at radius 2 is 1.75 bits per heavy atom. The van der Waals surface area contributed by atoms with E-state index in [0.29, 0.717) is 22.3 Å². The Hall–Kier alpha value is -5.16. The molecule has 5 rings (SSSR count). The van der Waals surface area contributed by atoms with Gasteiger partial charge in [-0.25, -0.2) is 18.7 Å². The second-order valence-corrected chi connectivity index (χ2v) is 9.38. The molecule has 3 heterocycles. The van der Waals surface area contributed by atoms with Gasteiger partial charge in [0.2, 0.25) is 5.43 Å². The van der Waals surface area contributed by atoms with Crippen LogP contribution in [0.15, 0.2) is 84.0 Å². The molecule has 0 atom stereocenters. The minimum atomic E-state index is -1.61. The lowest BCUT2D eigenvalue weighted by Gasteiger charge is -2.16. The smallest absolute Gasteiger partial charge is 0.256 e. The number of aliphatic hydroxyl groups is 1. The van der Waals surface area contributed by atoms with E-state index in [4.69, 9.17) is 4.74 Å². The number of fused-ring (bicyclic) bond motifs is 1. The van der Waals surface area contributed by atoms with Gasteiger partial charge in [-0.3, -0.25) is 9.59 Å². The molecule has 0 unspecified atom stereocenters. The Bertz CT molecular complexity index is 1780. The van der Waals surface area contributed by atoms with E-state index in [0.717, 1.165) is 0 Å². The quantitative estimate of drug-likeness (QED) is 0.213. The number of nitrogens with one attached hydrogen (secondary N) is 3. The van der Waals surface area contributed by atoms with Crippen LogP contribution in [0.2, 0.25) is 0 Å². The number of aromatic nitrogens is 3. The molecule has 0 aliphatic rings. The van der Waals surface area contributed by atoms with Gasteiger partial charge in [-0.15, -0.1) is 0 Å². The number of H-pyrrole nitrogens is 1. The molecule has 0 spiro atoms. The predicted octanol–water partition coefficient (Wildman–Crippen LogP) is 5.51. The first kappa shape index (κ1) is 26.4. The third-order valence-electron chi connectivity index (χ3n) is 5.90. The maximum Gasteiger partial charge on any atom is 0.256 e. The summed E-state index contributed by atoms with van der Waals surface area (Å²) in [5.74, 6) is -1.35. The zero-order chi connectivity index (χ0) is 28.4. The molecular formula is C29H23F2N5O4. The summed E-state index contributed by atoms with van der Waals surface area (Å²) < 4.78 is 34.0. The number of carbonyl (C=O) groups is 1. The third-order valence-corrected chi connectivity index (χ3v) is 5.90. The van der Waals surface area contributed by atoms with Crippen molar-refractivity contribution in [3.8, 4) is 22.6 Å². The summed E-state index contributed by atoms with van der Waals surface area (Å²) >= 11 is 0. The Morgan fingerprint density at radius 3 is 2.48 bits per heavy atom. The van der Waals surface area contributed by atoms with Crippen LogP contribution in [0.3, 0.4) is 0 Å². The molecule has 5 aromatic rings. The maximum absolute atomic E-state index is 15.0. The van der Waals surface area contributed by atoms with E-state index in [1.165, 1.54) is 74.8 Å². The molecule has 0 saturated carbocycles. The number of anilines is 3. The Morgan fingerprint density at radius 1 is 1.00 bits per heavy atom. The molecule has 0 bridgehead atoms. The van der Waals surface area contributed by atoms with E-state index in [9.17, 15) is 19.1 Å². The molecular weight excluding hydrogens is 520 g/mol. The van der Waals surface area contributed by atoms with Gasteiger partial charge in [0.05, 0.1) is 10.9 Å². The first-order valence-corrected chi connectivity index (χ1v) is 12.1. The van der Waals surface area contributed by atoms with Crippen molar-refractivity contribution < 1.29 is 23.4 Å². The van der Waals surface area contributed by atoms with Gasteiger partial charge in [0.1, 0.15) is 28.8 Å². The van der Waals surface area contributed by atoms with Crippen LogP contribution < -0.4 is 20.8 Å². The van der Waals surface area contributed by atoms with Gasteiger partial charge in [-0.1, -0.05) is 12.1 Å². The maximum atomic E-state index is 15.0. The van der Waals surface area contributed by atoms with Crippen molar-refractivity contribution in [2.24, 2.45) is 0 Å². The van der Waals surface area contributed by atoms with Crippen molar-refractivity contribution in [3.05, 3.63) is 101 Å². The standard InChI is InChI=1S/C29H23F2N5O4/c1-29(2,39)28(38)36-24-14-19(9-11-32-24)40-23-8-7-18(13-21(23)31)35-27-25-22(10-12-33-27)34-15-20(26(25)37)16-3-5-17(30)6-4-16/h3-15,39H,1-2H3,(H,33,35)(H,34,37)(H,32,36,38). The van der Waals surface area contributed by atoms with Crippen molar-refractivity contribution in [2.75, 3.05) is 10.6 Å². The normalized spacial score (nSPS) is 11.3. The summed E-state index contributed by atoms with van der Waals surface area (Å²) in [6, 6.07) is 14.2. The summed E-state index contributed by atoms with van der Waals surface area (Å²) in [5, 5.41) is 15.5. The number of hydrogen-bond donors (Lipinski definition) is 4. The van der Waals surface area contributed by atoms with Crippen molar-refractivity contribution in [3.63, 3.8) is 0 Å². The second-order valence-electron chi connectivity index (χ2n) is 9.38. The molecule has 0 fully saturated rings. The first-order valence-electron chi connectivity index (χ1n) is 12.1. The topological polar surface area (TPSA) is 129 Å². The average molecular weight is 544 g/mol. The largest absolute Gasteiger partial charge is 0.454 e. The number of benzene rings is 2. The number of hydrogen-bond acceptors (Lipinski definition) is 7. The van der Waals surface area contributed by atoms with Gasteiger partial charge in [0, 0.05) is 42.0 Å². The number of carbonyl (C=O) groups excluding carboxylic acids is 1. The van der Waals surface area contributed by atoms with Crippen LogP contribution >= 0.6 is 0 Å². The fraction of sp³-hybridized carbons (Fsp3) is 0.103. The van der Waals surface area contributed by atoms with Crippen molar-refractivity contribution in [1.82, 2.24) is 15.0 Å². The number of pyridine rings is 3. The minimum Gasteiger partial charge on any atom is -0.454 e. The van der Waals surface area contributed by atoms with Gasteiger partial charge in [0.25, 0.3) is 5.91 Å². The number of rotatable bonds is 7. The van der Waals surface area contributed by atoms with Crippen LogP contribution in [-0.2, 0) is 4.79 Å². The molecule has 3 aromatic heterocycles. The summed E-state index contributed by atoms with van der Waals surface area (Å²) in [6.45, 7) is 2.67. The zero-order valence-electron chi connectivity index (χ0n) is 21.3. The van der Waals surface area contributed by atoms with Crippen LogP contribution in [0, 0.1) is 11.6 Å². The van der Waals surface area contributed by atoms with E-state index in [-0.39, 0.29) is 33.9 Å². The highest BCUT2D eigenvalue weighted by Crippen LogP contribution is 2.30. The predicted molar refractivity (Wildman–Crippen MR) is 147 cm³/mol. The Balaban J connectivity index is 1.39. The lowest BCUT2D eigenvalue weighted by molar-refractivity contribution is -0.130. The molecule has 0 radical (unpaired) electrons. The van der Waals surface area contributed by atoms with Crippen LogP contribution in [0.1, 0.15) is 13.8 Å². The fourth-order valence-electron chi connectivity index (χ4n) is 3.84. The van der Waals surface area contributed by atoms with Gasteiger partial charge < -0.3 is 25.5 Å². The van der Waals surface area contributed by atoms with Gasteiger partial charge in [0.15, 0.2) is 11.6 Å². The molecule has 1 amide bonds. The van der Waals surface area contributed by atoms with Crippen LogP contribution in [-0.4, -0.2) is 31.6 Å². The van der Waals surface area contributed by atoms with E-state index >= 15 is 4.39 Å². The second kappa shape index (κ2) is 10.5. The van der Waals surface area contributed by atoms with Crippen LogP contribution in [0.4, 0.5) is 26.1 Å². The Labute approximate surface area is 226 Å². The van der Waals surface area contributed by atoms with Crippen LogP contribution in [0.5, 0.6) is 11.5 Å². The number of amides is 1. The van der Waals surface area contributed by atoms with Crippen molar-refractivity contribution in [2.45, 2.75) is 19.4 Å². The zero-order valence-corrected chi connectivity index (χ0v) is 21.3. The van der Waals surface area contributed by atoms with E-state index in [2.05, 4.69) is 25.6 Å². The number of ether oxygens (including phenoxy) is 1. The molecule has 40 heavy (non-hydrogen) atoms. The lowest BCUT2D eigenvalue weighted by atomic mass is 10.0. The van der Waals surface area contributed by atoms with Gasteiger partial charge in [-0.05, 0) is 55.8 Å². The molecule has 0 aliphatic carbocycles. The SMILES string of the molecule is CC(C)(O)C(=O)Nc1cc(Oc2ccc(Nc3nccc4[nH]cc(-c5ccc(F)cc5)c(=O)c34)cc2F)ccn1. The fourth-order valence-corrected chi connectivity index (χ4v) is 3.84. The number of halogens is 2. The monoisotopic (exact) mass is 543 g/mol. The molecule has 202 valence electrons. The first-order chi connectivity index (χ1) is 19.1.